The molecule has 78 valence electrons. The lowest BCUT2D eigenvalue weighted by molar-refractivity contribution is 0.0657. The third kappa shape index (κ3) is 2.65. The normalized spacial score (nSPS) is 21.5. The van der Waals surface area contributed by atoms with E-state index in [9.17, 15) is 8.42 Å². The van der Waals surface area contributed by atoms with Gasteiger partial charge in [-0.3, -0.25) is 0 Å². The number of nitrogens with zero attached hydrogens (tertiary/aromatic N) is 1. The van der Waals surface area contributed by atoms with Gasteiger partial charge in [0.05, 0.1) is 6.26 Å². The van der Waals surface area contributed by atoms with Gasteiger partial charge >= 0.3 is 0 Å². The van der Waals surface area contributed by atoms with Gasteiger partial charge in [0.2, 0.25) is 10.0 Å². The average Bonchev–Trinajstić information content (AvgIpc) is 1.80. The lowest BCUT2D eigenvalue weighted by Gasteiger charge is -2.47. The van der Waals surface area contributed by atoms with Gasteiger partial charge in [-0.15, -0.1) is 0 Å². The first-order valence-corrected chi connectivity index (χ1v) is 6.37. The zero-order valence-electron chi connectivity index (χ0n) is 8.50. The monoisotopic (exact) mass is 206 g/mol. The van der Waals surface area contributed by atoms with Crippen LogP contribution in [0.25, 0.3) is 0 Å². The van der Waals surface area contributed by atoms with Crippen molar-refractivity contribution in [1.29, 1.82) is 0 Å². The third-order valence-electron chi connectivity index (χ3n) is 2.90. The number of rotatable bonds is 4. The van der Waals surface area contributed by atoms with Crippen molar-refractivity contribution in [2.24, 2.45) is 0 Å². The maximum Gasteiger partial charge on any atom is 0.208 e. The van der Waals surface area contributed by atoms with Crippen molar-refractivity contribution in [2.45, 2.75) is 24.8 Å². The molecule has 0 amide bonds. The minimum Gasteiger partial charge on any atom is -0.302 e. The molecule has 0 saturated heterocycles. The molecule has 1 aliphatic carbocycles. The van der Waals surface area contributed by atoms with Gasteiger partial charge in [0, 0.05) is 12.1 Å². The van der Waals surface area contributed by atoms with Crippen LogP contribution in [0.2, 0.25) is 0 Å². The quantitative estimate of drug-likeness (QED) is 0.705. The van der Waals surface area contributed by atoms with Gasteiger partial charge in [0.15, 0.2) is 0 Å². The van der Waals surface area contributed by atoms with Crippen molar-refractivity contribution < 1.29 is 8.42 Å². The molecule has 0 radical (unpaired) electrons. The van der Waals surface area contributed by atoms with Crippen LogP contribution in [0, 0.1) is 0 Å². The molecular formula is C8H18N2O2S. The number of hydrogen-bond acceptors (Lipinski definition) is 3. The van der Waals surface area contributed by atoms with Crippen LogP contribution in [-0.4, -0.2) is 45.8 Å². The summed E-state index contributed by atoms with van der Waals surface area (Å²) in [6.07, 6.45) is 4.57. The highest BCUT2D eigenvalue weighted by Gasteiger charge is 2.39. The Kier molecular flexibility index (Phi) is 2.99. The molecule has 0 spiro atoms. The minimum atomic E-state index is -3.04. The minimum absolute atomic E-state index is 0.0725. The smallest absolute Gasteiger partial charge is 0.208 e. The number of nitrogens with one attached hydrogen (secondary N) is 1. The molecule has 4 nitrogen and oxygen atoms in total. The van der Waals surface area contributed by atoms with E-state index in [0.717, 1.165) is 12.8 Å². The molecule has 0 bridgehead atoms. The van der Waals surface area contributed by atoms with Crippen LogP contribution in [-0.2, 0) is 10.0 Å². The van der Waals surface area contributed by atoms with E-state index in [2.05, 4.69) is 9.62 Å². The van der Waals surface area contributed by atoms with Gasteiger partial charge in [0.1, 0.15) is 0 Å². The van der Waals surface area contributed by atoms with Gasteiger partial charge < -0.3 is 4.90 Å². The molecule has 0 atom stereocenters. The van der Waals surface area contributed by atoms with E-state index in [4.69, 9.17) is 0 Å². The second-order valence-electron chi connectivity index (χ2n) is 4.07. The van der Waals surface area contributed by atoms with E-state index in [1.54, 1.807) is 0 Å². The summed E-state index contributed by atoms with van der Waals surface area (Å²) in [6.45, 7) is 0.541. The largest absolute Gasteiger partial charge is 0.302 e. The highest BCUT2D eigenvalue weighted by molar-refractivity contribution is 7.88. The number of sulfonamides is 1. The van der Waals surface area contributed by atoms with Crippen molar-refractivity contribution in [3.63, 3.8) is 0 Å². The molecule has 1 fully saturated rings. The second kappa shape index (κ2) is 3.55. The first kappa shape index (κ1) is 10.9. The van der Waals surface area contributed by atoms with Crippen molar-refractivity contribution in [3.8, 4) is 0 Å². The van der Waals surface area contributed by atoms with Crippen molar-refractivity contribution in [2.75, 3.05) is 26.9 Å². The maximum atomic E-state index is 10.9. The van der Waals surface area contributed by atoms with E-state index in [0.29, 0.717) is 6.54 Å². The summed E-state index contributed by atoms with van der Waals surface area (Å²) in [7, 11) is 0.962. The van der Waals surface area contributed by atoms with Gasteiger partial charge in [0.25, 0.3) is 0 Å². The molecule has 0 unspecified atom stereocenters. The van der Waals surface area contributed by atoms with Crippen molar-refractivity contribution >= 4 is 10.0 Å². The molecule has 0 aliphatic heterocycles. The molecule has 5 heteroatoms. The second-order valence-corrected chi connectivity index (χ2v) is 5.90. The SMILES string of the molecule is CN(C)C1(CNS(C)(=O)=O)CCC1. The van der Waals surface area contributed by atoms with Gasteiger partial charge in [-0.05, 0) is 33.4 Å². The van der Waals surface area contributed by atoms with Crippen LogP contribution in [0.5, 0.6) is 0 Å². The molecule has 1 aliphatic rings. The van der Waals surface area contributed by atoms with E-state index >= 15 is 0 Å². The van der Waals surface area contributed by atoms with Crippen LogP contribution in [0.15, 0.2) is 0 Å². The number of hydrogen-bond donors (Lipinski definition) is 1. The van der Waals surface area contributed by atoms with E-state index in [1.807, 2.05) is 14.1 Å². The van der Waals surface area contributed by atoms with E-state index in [1.165, 1.54) is 12.7 Å². The van der Waals surface area contributed by atoms with Crippen LogP contribution >= 0.6 is 0 Å². The zero-order valence-corrected chi connectivity index (χ0v) is 9.32. The molecular weight excluding hydrogens is 188 g/mol. The molecule has 0 aromatic carbocycles. The summed E-state index contributed by atoms with van der Waals surface area (Å²) >= 11 is 0. The summed E-state index contributed by atoms with van der Waals surface area (Å²) < 4.78 is 24.4. The highest BCUT2D eigenvalue weighted by atomic mass is 32.2. The topological polar surface area (TPSA) is 49.4 Å². The molecule has 13 heavy (non-hydrogen) atoms. The summed E-state index contributed by atoms with van der Waals surface area (Å²) in [6, 6.07) is 0. The predicted octanol–water partition coefficient (Wildman–Crippen LogP) is 0.0199. The fourth-order valence-corrected chi connectivity index (χ4v) is 2.16. The van der Waals surface area contributed by atoms with E-state index < -0.39 is 10.0 Å². The van der Waals surface area contributed by atoms with Crippen molar-refractivity contribution in [3.05, 3.63) is 0 Å². The van der Waals surface area contributed by atoms with Gasteiger partial charge in [-0.2, -0.15) is 0 Å². The summed E-state index contributed by atoms with van der Waals surface area (Å²) in [5.41, 5.74) is 0.0725. The Balaban J connectivity index is 2.51. The Morgan fingerprint density at radius 2 is 1.92 bits per heavy atom. The fraction of sp³-hybridized carbons (Fsp3) is 1.00. The standard InChI is InChI=1S/C8H18N2O2S/c1-10(2)8(5-4-6-8)7-9-13(3,11)12/h9H,4-7H2,1-3H3. The first-order valence-electron chi connectivity index (χ1n) is 4.48. The summed E-state index contributed by atoms with van der Waals surface area (Å²) in [4.78, 5) is 2.12. The first-order chi connectivity index (χ1) is 5.86. The Bertz CT molecular complexity index is 268. The molecule has 0 aromatic heterocycles. The van der Waals surface area contributed by atoms with Gasteiger partial charge in [-0.25, -0.2) is 13.1 Å². The highest BCUT2D eigenvalue weighted by Crippen LogP contribution is 2.35. The Labute approximate surface area is 80.4 Å². The van der Waals surface area contributed by atoms with Gasteiger partial charge in [-0.1, -0.05) is 0 Å². The fourth-order valence-electron chi connectivity index (χ4n) is 1.63. The number of likely N-dealkylation sites (N-methyl/N-ethyl adjacent to an activating group) is 1. The van der Waals surface area contributed by atoms with Crippen molar-refractivity contribution in [1.82, 2.24) is 9.62 Å². The van der Waals surface area contributed by atoms with Crippen LogP contribution in [0.3, 0.4) is 0 Å². The lowest BCUT2D eigenvalue weighted by Crippen LogP contribution is -2.57. The van der Waals surface area contributed by atoms with E-state index in [-0.39, 0.29) is 5.54 Å². The van der Waals surface area contributed by atoms with Crippen LogP contribution < -0.4 is 4.72 Å². The summed E-state index contributed by atoms with van der Waals surface area (Å²) in [5.74, 6) is 0. The molecule has 0 aromatic rings. The summed E-state index contributed by atoms with van der Waals surface area (Å²) in [5, 5.41) is 0. The van der Waals surface area contributed by atoms with Crippen LogP contribution in [0.4, 0.5) is 0 Å². The third-order valence-corrected chi connectivity index (χ3v) is 3.57. The Hall–Kier alpha value is -0.130. The Morgan fingerprint density at radius 3 is 2.15 bits per heavy atom. The maximum absolute atomic E-state index is 10.9. The molecule has 0 heterocycles. The average molecular weight is 206 g/mol. The predicted molar refractivity (Wildman–Crippen MR) is 53.1 cm³/mol. The molecule has 1 rings (SSSR count). The zero-order chi connectivity index (χ0) is 10.1. The molecule has 1 saturated carbocycles. The van der Waals surface area contributed by atoms with Crippen LogP contribution in [0.1, 0.15) is 19.3 Å². The lowest BCUT2D eigenvalue weighted by atomic mass is 9.76. The Morgan fingerprint density at radius 1 is 1.38 bits per heavy atom. The molecule has 1 N–H and O–H groups in total.